The van der Waals surface area contributed by atoms with E-state index in [9.17, 15) is 10.1 Å². The van der Waals surface area contributed by atoms with E-state index in [-0.39, 0.29) is 10.6 Å². The number of anilines is 1. The third-order valence-electron chi connectivity index (χ3n) is 4.20. The van der Waals surface area contributed by atoms with Crippen molar-refractivity contribution in [3.63, 3.8) is 0 Å². The maximum atomic E-state index is 11.4. The number of fused-ring (bicyclic) bond motifs is 1. The van der Waals surface area contributed by atoms with Gasteiger partial charge >= 0.3 is 5.69 Å². The maximum Gasteiger partial charge on any atom is 0.334 e. The zero-order valence-corrected chi connectivity index (χ0v) is 14.5. The van der Waals surface area contributed by atoms with Gasteiger partial charge in [0, 0.05) is 19.0 Å². The van der Waals surface area contributed by atoms with Crippen LogP contribution in [-0.4, -0.2) is 26.7 Å². The third kappa shape index (κ3) is 2.95. The molecule has 0 saturated heterocycles. The second-order valence-corrected chi connectivity index (χ2v) is 7.06. The molecule has 0 atom stereocenters. The van der Waals surface area contributed by atoms with E-state index in [4.69, 9.17) is 4.98 Å². The van der Waals surface area contributed by atoms with Crippen LogP contribution in [0.4, 0.5) is 11.5 Å². The Bertz CT molecular complexity index is 713. The maximum absolute atomic E-state index is 11.4. The lowest BCUT2D eigenvalue weighted by Crippen LogP contribution is -2.20. The molecular weight excluding hydrogens is 314 g/mol. The van der Waals surface area contributed by atoms with E-state index in [1.807, 2.05) is 18.9 Å². The molecule has 2 aromatic rings. The van der Waals surface area contributed by atoms with Crippen LogP contribution in [0.25, 0.3) is 0 Å². The van der Waals surface area contributed by atoms with Crippen molar-refractivity contribution in [1.82, 2.24) is 14.8 Å². The Labute approximate surface area is 139 Å². The molecule has 1 aliphatic rings. The molecule has 0 radical (unpaired) electrons. The Hall–Kier alpha value is -1.96. The minimum atomic E-state index is -0.329. The van der Waals surface area contributed by atoms with Crippen LogP contribution in [0.2, 0.25) is 0 Å². The Balaban J connectivity index is 1.88. The Morgan fingerprint density at radius 2 is 2.13 bits per heavy atom. The molecule has 0 aliphatic heterocycles. The zero-order chi connectivity index (χ0) is 16.6. The Kier molecular flexibility index (Phi) is 4.34. The smallest absolute Gasteiger partial charge is 0.334 e. The summed E-state index contributed by atoms with van der Waals surface area (Å²) in [4.78, 5) is 19.1. The molecule has 124 valence electrons. The molecule has 2 aromatic heterocycles. The molecule has 0 amide bonds. The number of aromatic nitrogens is 3. The van der Waals surface area contributed by atoms with E-state index in [2.05, 4.69) is 5.10 Å². The van der Waals surface area contributed by atoms with Crippen LogP contribution in [0.3, 0.4) is 0 Å². The predicted octanol–water partition coefficient (Wildman–Crippen LogP) is 2.86. The quantitative estimate of drug-likeness (QED) is 0.620. The summed E-state index contributed by atoms with van der Waals surface area (Å²) >= 11 is 1.74. The standard InChI is InChI=1S/C15H21N5O2S/c1-4-10-14(20(21)22)15(19(3)17-10)18(2)9-13-16-11-7-5-6-8-12(11)23-13/h4-9H2,1-3H3. The monoisotopic (exact) mass is 335 g/mol. The van der Waals surface area contributed by atoms with Crippen molar-refractivity contribution in [2.24, 2.45) is 7.05 Å². The summed E-state index contributed by atoms with van der Waals surface area (Å²) in [5.41, 5.74) is 1.86. The van der Waals surface area contributed by atoms with Crippen molar-refractivity contribution < 1.29 is 4.92 Å². The van der Waals surface area contributed by atoms with Gasteiger partial charge in [-0.2, -0.15) is 5.10 Å². The van der Waals surface area contributed by atoms with Crippen molar-refractivity contribution >= 4 is 22.8 Å². The van der Waals surface area contributed by atoms with Gasteiger partial charge in [0.15, 0.2) is 0 Å². The summed E-state index contributed by atoms with van der Waals surface area (Å²) < 4.78 is 1.60. The van der Waals surface area contributed by atoms with E-state index in [0.29, 0.717) is 24.5 Å². The summed E-state index contributed by atoms with van der Waals surface area (Å²) in [6, 6.07) is 0. The molecule has 3 rings (SSSR count). The van der Waals surface area contributed by atoms with Crippen LogP contribution in [0.15, 0.2) is 0 Å². The number of thiazole rings is 1. The summed E-state index contributed by atoms with van der Waals surface area (Å²) in [6.07, 6.45) is 5.16. The van der Waals surface area contributed by atoms with Gasteiger partial charge in [0.05, 0.1) is 17.2 Å². The molecule has 8 heteroatoms. The minimum absolute atomic E-state index is 0.110. The fourth-order valence-corrected chi connectivity index (χ4v) is 4.37. The van der Waals surface area contributed by atoms with Gasteiger partial charge in [0.1, 0.15) is 10.7 Å². The number of aryl methyl sites for hydroxylation is 4. The Morgan fingerprint density at radius 1 is 1.39 bits per heavy atom. The third-order valence-corrected chi connectivity index (χ3v) is 5.35. The van der Waals surface area contributed by atoms with Crippen molar-refractivity contribution in [3.05, 3.63) is 31.4 Å². The highest BCUT2D eigenvalue weighted by Gasteiger charge is 2.28. The number of nitro groups is 1. The van der Waals surface area contributed by atoms with Gasteiger partial charge in [-0.3, -0.25) is 10.1 Å². The largest absolute Gasteiger partial charge is 0.347 e. The molecule has 1 aliphatic carbocycles. The van der Waals surface area contributed by atoms with E-state index < -0.39 is 0 Å². The first-order valence-electron chi connectivity index (χ1n) is 7.90. The van der Waals surface area contributed by atoms with Crippen LogP contribution in [0.1, 0.15) is 41.0 Å². The van der Waals surface area contributed by atoms with Crippen LogP contribution < -0.4 is 4.90 Å². The molecule has 23 heavy (non-hydrogen) atoms. The summed E-state index contributed by atoms with van der Waals surface area (Å²) in [7, 11) is 3.62. The first-order chi connectivity index (χ1) is 11.0. The number of hydrogen-bond acceptors (Lipinski definition) is 6. The van der Waals surface area contributed by atoms with Crippen molar-refractivity contribution in [2.75, 3.05) is 11.9 Å². The fourth-order valence-electron chi connectivity index (χ4n) is 3.16. The lowest BCUT2D eigenvalue weighted by Gasteiger charge is -2.16. The second kappa shape index (κ2) is 6.27. The molecule has 0 aromatic carbocycles. The molecule has 7 nitrogen and oxygen atoms in total. The highest BCUT2D eigenvalue weighted by atomic mass is 32.1. The van der Waals surface area contributed by atoms with Crippen molar-refractivity contribution in [3.8, 4) is 0 Å². The second-order valence-electron chi connectivity index (χ2n) is 5.89. The van der Waals surface area contributed by atoms with Crippen molar-refractivity contribution in [2.45, 2.75) is 45.6 Å². The van der Waals surface area contributed by atoms with Gasteiger partial charge in [-0.1, -0.05) is 6.92 Å². The molecular formula is C15H21N5O2S. The highest BCUT2D eigenvalue weighted by molar-refractivity contribution is 7.11. The van der Waals surface area contributed by atoms with Gasteiger partial charge in [-0.15, -0.1) is 11.3 Å². The summed E-state index contributed by atoms with van der Waals surface area (Å²) in [5, 5.41) is 16.8. The van der Waals surface area contributed by atoms with Crippen molar-refractivity contribution in [1.29, 1.82) is 0 Å². The molecule has 0 fully saturated rings. The summed E-state index contributed by atoms with van der Waals surface area (Å²) in [5.74, 6) is 0.542. The van der Waals surface area contributed by atoms with Crippen LogP contribution in [0, 0.1) is 10.1 Å². The first-order valence-corrected chi connectivity index (χ1v) is 8.71. The van der Waals surface area contributed by atoms with Crippen LogP contribution >= 0.6 is 11.3 Å². The topological polar surface area (TPSA) is 77.1 Å². The Morgan fingerprint density at radius 3 is 2.78 bits per heavy atom. The average molecular weight is 335 g/mol. The highest BCUT2D eigenvalue weighted by Crippen LogP contribution is 2.33. The number of hydrogen-bond donors (Lipinski definition) is 0. The van der Waals surface area contributed by atoms with E-state index in [0.717, 1.165) is 17.8 Å². The van der Waals surface area contributed by atoms with E-state index >= 15 is 0 Å². The van der Waals surface area contributed by atoms with Crippen LogP contribution in [0.5, 0.6) is 0 Å². The molecule has 0 unspecified atom stereocenters. The number of rotatable bonds is 5. The zero-order valence-electron chi connectivity index (χ0n) is 13.7. The molecule has 0 saturated carbocycles. The lowest BCUT2D eigenvalue weighted by molar-refractivity contribution is -0.384. The molecule has 0 N–H and O–H groups in total. The number of nitrogens with zero attached hydrogens (tertiary/aromatic N) is 5. The first kappa shape index (κ1) is 15.9. The fraction of sp³-hybridized carbons (Fsp3) is 0.600. The van der Waals surface area contributed by atoms with Gasteiger partial charge in [-0.25, -0.2) is 9.67 Å². The van der Waals surface area contributed by atoms with Gasteiger partial charge in [-0.05, 0) is 32.1 Å². The average Bonchev–Trinajstić information content (AvgIpc) is 3.06. The SMILES string of the molecule is CCc1nn(C)c(N(C)Cc2nc3c(s2)CCCC3)c1[N+](=O)[O-]. The molecule has 0 spiro atoms. The predicted molar refractivity (Wildman–Crippen MR) is 90.1 cm³/mol. The van der Waals surface area contributed by atoms with Crippen LogP contribution in [-0.2, 0) is 32.9 Å². The lowest BCUT2D eigenvalue weighted by atomic mass is 10.0. The normalized spacial score (nSPS) is 13.9. The van der Waals surface area contributed by atoms with E-state index in [1.54, 1.807) is 23.1 Å². The molecule has 2 heterocycles. The van der Waals surface area contributed by atoms with E-state index in [1.165, 1.54) is 23.4 Å². The summed E-state index contributed by atoms with van der Waals surface area (Å²) in [6.45, 7) is 2.45. The minimum Gasteiger partial charge on any atom is -0.347 e. The molecule has 0 bridgehead atoms. The van der Waals surface area contributed by atoms with Gasteiger partial charge < -0.3 is 4.90 Å². The van der Waals surface area contributed by atoms with Gasteiger partial charge in [0.2, 0.25) is 5.82 Å². The van der Waals surface area contributed by atoms with Gasteiger partial charge in [0.25, 0.3) is 0 Å².